The summed E-state index contributed by atoms with van der Waals surface area (Å²) < 4.78 is 5.92. The molecule has 0 aliphatic carbocycles. The van der Waals surface area contributed by atoms with Crippen LogP contribution in [0, 0.1) is 6.92 Å². The Bertz CT molecular complexity index is 1120. The summed E-state index contributed by atoms with van der Waals surface area (Å²) in [5.41, 5.74) is 7.16. The third kappa shape index (κ3) is 6.11. The zero-order chi connectivity index (χ0) is 23.0. The van der Waals surface area contributed by atoms with E-state index in [-0.39, 0.29) is 5.91 Å². The minimum absolute atomic E-state index is 0.0824. The van der Waals surface area contributed by atoms with Gasteiger partial charge >= 0.3 is 0 Å². The van der Waals surface area contributed by atoms with Crippen molar-refractivity contribution in [1.82, 2.24) is 5.32 Å². The van der Waals surface area contributed by atoms with Crippen LogP contribution in [-0.4, -0.2) is 19.1 Å². The van der Waals surface area contributed by atoms with Gasteiger partial charge in [-0.05, 0) is 66.9 Å². The van der Waals surface area contributed by atoms with E-state index in [0.717, 1.165) is 46.8 Å². The molecule has 1 heterocycles. The van der Waals surface area contributed by atoms with Gasteiger partial charge in [0.2, 0.25) is 0 Å². The largest absolute Gasteiger partial charge is 0.493 e. The number of amides is 1. The highest BCUT2D eigenvalue weighted by Crippen LogP contribution is 2.31. The molecule has 0 atom stereocenters. The van der Waals surface area contributed by atoms with Crippen LogP contribution in [0.1, 0.15) is 42.9 Å². The first-order valence-corrected chi connectivity index (χ1v) is 11.8. The van der Waals surface area contributed by atoms with E-state index < -0.39 is 0 Å². The molecule has 4 heteroatoms. The molecule has 3 aromatic carbocycles. The first-order valence-electron chi connectivity index (χ1n) is 11.8. The molecular weight excluding hydrogens is 408 g/mol. The molecule has 1 aliphatic heterocycles. The number of carbonyl (C=O) groups excluding carboxylic acids is 1. The van der Waals surface area contributed by atoms with Crippen LogP contribution in [0.15, 0.2) is 72.3 Å². The molecule has 1 aliphatic rings. The van der Waals surface area contributed by atoms with E-state index >= 15 is 0 Å². The third-order valence-corrected chi connectivity index (χ3v) is 5.89. The molecule has 0 saturated carbocycles. The van der Waals surface area contributed by atoms with E-state index in [1.54, 1.807) is 0 Å². The summed E-state index contributed by atoms with van der Waals surface area (Å²) in [4.78, 5) is 13.0. The van der Waals surface area contributed by atoms with Gasteiger partial charge in [-0.15, -0.1) is 0 Å². The number of benzene rings is 3. The molecule has 3 aromatic rings. The van der Waals surface area contributed by atoms with Crippen LogP contribution in [0.3, 0.4) is 0 Å². The molecule has 4 rings (SSSR count). The smallest absolute Gasteiger partial charge is 0.251 e. The summed E-state index contributed by atoms with van der Waals surface area (Å²) >= 11 is 0. The lowest BCUT2D eigenvalue weighted by atomic mass is 10.00. The fraction of sp³-hybridized carbons (Fsp3) is 0.276. The first kappa shape index (κ1) is 22.8. The molecule has 170 valence electrons. The van der Waals surface area contributed by atoms with Crippen LogP contribution in [0.2, 0.25) is 0 Å². The number of fused-ring (bicyclic) bond motifs is 1. The first-order chi connectivity index (χ1) is 16.1. The summed E-state index contributed by atoms with van der Waals surface area (Å²) in [6.07, 6.45) is 4.90. The fourth-order valence-corrected chi connectivity index (χ4v) is 3.88. The van der Waals surface area contributed by atoms with Gasteiger partial charge in [-0.25, -0.2) is 0 Å². The lowest BCUT2D eigenvalue weighted by Gasteiger charge is -2.09. The van der Waals surface area contributed by atoms with Crippen LogP contribution in [0.25, 0.3) is 17.2 Å². The second-order valence-corrected chi connectivity index (χ2v) is 8.57. The van der Waals surface area contributed by atoms with Gasteiger partial charge in [0, 0.05) is 29.8 Å². The fourth-order valence-electron chi connectivity index (χ4n) is 3.88. The Hall–Kier alpha value is -3.37. The van der Waals surface area contributed by atoms with Gasteiger partial charge in [-0.1, -0.05) is 61.4 Å². The third-order valence-electron chi connectivity index (χ3n) is 5.89. The number of rotatable bonds is 8. The minimum atomic E-state index is -0.0824. The van der Waals surface area contributed by atoms with Gasteiger partial charge < -0.3 is 15.4 Å². The summed E-state index contributed by atoms with van der Waals surface area (Å²) in [6.45, 7) is 6.63. The van der Waals surface area contributed by atoms with Crippen molar-refractivity contribution in [2.45, 2.75) is 39.7 Å². The molecule has 1 amide bonds. The molecule has 0 spiro atoms. The predicted octanol–water partition coefficient (Wildman–Crippen LogP) is 6.36. The maximum Gasteiger partial charge on any atom is 0.251 e. The van der Waals surface area contributed by atoms with Crippen molar-refractivity contribution in [3.05, 3.63) is 89.0 Å². The SMILES string of the molecule is CCCCNCc1ccc(NC(=O)C2=Cc3cc(-c4ccc(C)cc4)ccc3OCC2)cc1. The van der Waals surface area contributed by atoms with Crippen LogP contribution < -0.4 is 15.4 Å². The molecule has 0 fully saturated rings. The molecular formula is C29H32N2O2. The maximum absolute atomic E-state index is 13.0. The average molecular weight is 441 g/mol. The van der Waals surface area contributed by atoms with E-state index in [0.29, 0.717) is 13.0 Å². The Morgan fingerprint density at radius 1 is 0.970 bits per heavy atom. The Balaban J connectivity index is 1.46. The minimum Gasteiger partial charge on any atom is -0.493 e. The molecule has 2 N–H and O–H groups in total. The monoisotopic (exact) mass is 440 g/mol. The molecule has 33 heavy (non-hydrogen) atoms. The summed E-state index contributed by atoms with van der Waals surface area (Å²) in [6, 6.07) is 22.7. The number of hydrogen-bond acceptors (Lipinski definition) is 3. The predicted molar refractivity (Wildman–Crippen MR) is 136 cm³/mol. The number of unbranched alkanes of at least 4 members (excludes halogenated alkanes) is 1. The Morgan fingerprint density at radius 3 is 2.48 bits per heavy atom. The van der Waals surface area contributed by atoms with Crippen molar-refractivity contribution in [3.8, 4) is 16.9 Å². The molecule has 0 unspecified atom stereocenters. The number of nitrogens with one attached hydrogen (secondary N) is 2. The van der Waals surface area contributed by atoms with Crippen molar-refractivity contribution in [2.24, 2.45) is 0 Å². The van der Waals surface area contributed by atoms with Crippen LogP contribution in [0.4, 0.5) is 5.69 Å². The van der Waals surface area contributed by atoms with Crippen LogP contribution in [0.5, 0.6) is 5.75 Å². The summed E-state index contributed by atoms with van der Waals surface area (Å²) in [5, 5.41) is 6.48. The zero-order valence-corrected chi connectivity index (χ0v) is 19.5. The number of ether oxygens (including phenoxy) is 1. The van der Waals surface area contributed by atoms with Gasteiger partial charge in [-0.2, -0.15) is 0 Å². The maximum atomic E-state index is 13.0. The lowest BCUT2D eigenvalue weighted by molar-refractivity contribution is -0.113. The molecule has 0 aromatic heterocycles. The molecule has 0 radical (unpaired) electrons. The quantitative estimate of drug-likeness (QED) is 0.401. The van der Waals surface area contributed by atoms with Crippen molar-refractivity contribution in [2.75, 3.05) is 18.5 Å². The van der Waals surface area contributed by atoms with E-state index in [4.69, 9.17) is 4.74 Å². The second-order valence-electron chi connectivity index (χ2n) is 8.57. The number of carbonyl (C=O) groups is 1. The zero-order valence-electron chi connectivity index (χ0n) is 19.5. The van der Waals surface area contributed by atoms with E-state index in [2.05, 4.69) is 73.0 Å². The second kappa shape index (κ2) is 11.0. The summed E-state index contributed by atoms with van der Waals surface area (Å²) in [5.74, 6) is 0.731. The van der Waals surface area contributed by atoms with Gasteiger partial charge in [0.25, 0.3) is 5.91 Å². The van der Waals surface area contributed by atoms with Crippen molar-refractivity contribution in [1.29, 1.82) is 0 Å². The topological polar surface area (TPSA) is 50.4 Å². The highest BCUT2D eigenvalue weighted by molar-refractivity contribution is 6.07. The van der Waals surface area contributed by atoms with Crippen LogP contribution >= 0.6 is 0 Å². The Labute approximate surface area is 196 Å². The van der Waals surface area contributed by atoms with E-state index in [1.807, 2.05) is 24.3 Å². The van der Waals surface area contributed by atoms with E-state index in [9.17, 15) is 4.79 Å². The standard InChI is InChI=1S/C29H32N2O2/c1-3-4-16-30-20-22-7-12-27(13-8-22)31-29(32)25-15-17-33-28-14-11-24(18-26(28)19-25)23-9-5-21(2)6-10-23/h5-14,18-19,30H,3-4,15-17,20H2,1-2H3,(H,31,32). The molecule has 0 bridgehead atoms. The summed E-state index contributed by atoms with van der Waals surface area (Å²) in [7, 11) is 0. The van der Waals surface area contributed by atoms with Gasteiger partial charge in [0.1, 0.15) is 5.75 Å². The number of hydrogen-bond donors (Lipinski definition) is 2. The van der Waals surface area contributed by atoms with Crippen molar-refractivity contribution >= 4 is 17.7 Å². The van der Waals surface area contributed by atoms with Crippen LogP contribution in [-0.2, 0) is 11.3 Å². The van der Waals surface area contributed by atoms with Gasteiger partial charge in [0.05, 0.1) is 6.61 Å². The average Bonchev–Trinajstić information content (AvgIpc) is 3.05. The van der Waals surface area contributed by atoms with Crippen molar-refractivity contribution < 1.29 is 9.53 Å². The Morgan fingerprint density at radius 2 is 1.73 bits per heavy atom. The molecule has 4 nitrogen and oxygen atoms in total. The Kier molecular flexibility index (Phi) is 7.59. The highest BCUT2D eigenvalue weighted by Gasteiger charge is 2.16. The van der Waals surface area contributed by atoms with Gasteiger partial charge in [0.15, 0.2) is 0 Å². The normalized spacial score (nSPS) is 12.8. The van der Waals surface area contributed by atoms with Gasteiger partial charge in [-0.3, -0.25) is 4.79 Å². The van der Waals surface area contributed by atoms with E-state index in [1.165, 1.54) is 24.0 Å². The number of anilines is 1. The highest BCUT2D eigenvalue weighted by atomic mass is 16.5. The lowest BCUT2D eigenvalue weighted by Crippen LogP contribution is -2.16. The number of aryl methyl sites for hydroxylation is 1. The van der Waals surface area contributed by atoms with Crippen molar-refractivity contribution in [3.63, 3.8) is 0 Å². The molecule has 0 saturated heterocycles.